The van der Waals surface area contributed by atoms with E-state index < -0.39 is 5.60 Å². The van der Waals surface area contributed by atoms with E-state index in [-0.39, 0.29) is 24.3 Å². The van der Waals surface area contributed by atoms with Crippen molar-refractivity contribution in [1.29, 1.82) is 0 Å². The monoisotopic (exact) mass is 335 g/mol. The van der Waals surface area contributed by atoms with Crippen LogP contribution in [0, 0.1) is 0 Å². The van der Waals surface area contributed by atoms with Crippen LogP contribution in [0.25, 0.3) is 0 Å². The van der Waals surface area contributed by atoms with E-state index in [9.17, 15) is 4.79 Å². The zero-order valence-corrected chi connectivity index (χ0v) is 14.2. The number of hydrogen-bond acceptors (Lipinski definition) is 3. The molecule has 1 aliphatic rings. The number of piperidine rings is 1. The second-order valence-corrected chi connectivity index (χ2v) is 7.03. The molecule has 1 heterocycles. The molecule has 1 rings (SSSR count). The highest BCUT2D eigenvalue weighted by molar-refractivity contribution is 9.09. The van der Waals surface area contributed by atoms with Crippen molar-refractivity contribution in [2.24, 2.45) is 0 Å². The minimum absolute atomic E-state index is 0.152. The number of carbonyl (C=O) groups is 1. The predicted molar refractivity (Wildman–Crippen MR) is 79.8 cm³/mol. The number of ether oxygens (including phenoxy) is 2. The third kappa shape index (κ3) is 5.30. The van der Waals surface area contributed by atoms with Crippen molar-refractivity contribution in [3.63, 3.8) is 0 Å². The van der Waals surface area contributed by atoms with Gasteiger partial charge in [0.1, 0.15) is 5.60 Å². The summed E-state index contributed by atoms with van der Waals surface area (Å²) >= 11 is 3.37. The van der Waals surface area contributed by atoms with Crippen molar-refractivity contribution < 1.29 is 14.3 Å². The minimum atomic E-state index is -0.445. The zero-order valence-electron chi connectivity index (χ0n) is 12.6. The summed E-state index contributed by atoms with van der Waals surface area (Å²) in [7, 11) is 0. The Kier molecular flexibility index (Phi) is 6.12. The molecule has 1 unspecified atom stereocenters. The number of halogens is 1. The summed E-state index contributed by atoms with van der Waals surface area (Å²) < 4.78 is 11.2. The lowest BCUT2D eigenvalue weighted by Gasteiger charge is -2.42. The molecule has 1 amide bonds. The summed E-state index contributed by atoms with van der Waals surface area (Å²) in [6, 6.07) is 0.304. The van der Waals surface area contributed by atoms with E-state index in [0.29, 0.717) is 0 Å². The molecule has 0 spiro atoms. The summed E-state index contributed by atoms with van der Waals surface area (Å²) in [5, 5.41) is 0.849. The standard InChI is InChI=1S/C14H26BrNO3/c1-10-8-12(18-7-6-15)9-11(2)16(10)13(17)19-14(3,4)5/h10-12H,6-9H2,1-5H3/t10-,11+,12?. The molecule has 0 aromatic heterocycles. The van der Waals surface area contributed by atoms with Gasteiger partial charge in [0.15, 0.2) is 0 Å². The van der Waals surface area contributed by atoms with E-state index in [0.717, 1.165) is 24.8 Å². The molecule has 0 aromatic carbocycles. The average molecular weight is 336 g/mol. The third-order valence-electron chi connectivity index (χ3n) is 3.19. The van der Waals surface area contributed by atoms with Gasteiger partial charge in [-0.3, -0.25) is 0 Å². The van der Waals surface area contributed by atoms with Gasteiger partial charge in [0.05, 0.1) is 12.7 Å². The first-order valence-corrected chi connectivity index (χ1v) is 8.05. The van der Waals surface area contributed by atoms with Crippen molar-refractivity contribution in [1.82, 2.24) is 4.90 Å². The number of nitrogens with zero attached hydrogens (tertiary/aromatic N) is 1. The van der Waals surface area contributed by atoms with E-state index >= 15 is 0 Å². The average Bonchev–Trinajstić information content (AvgIpc) is 2.22. The van der Waals surface area contributed by atoms with Gasteiger partial charge in [0.2, 0.25) is 0 Å². The van der Waals surface area contributed by atoms with Gasteiger partial charge >= 0.3 is 6.09 Å². The van der Waals surface area contributed by atoms with E-state index in [1.807, 2.05) is 25.7 Å². The highest BCUT2D eigenvalue weighted by atomic mass is 79.9. The number of alkyl halides is 1. The fourth-order valence-electron chi connectivity index (χ4n) is 2.54. The largest absolute Gasteiger partial charge is 0.444 e. The van der Waals surface area contributed by atoms with Crippen molar-refractivity contribution >= 4 is 22.0 Å². The molecular formula is C14H26BrNO3. The molecule has 4 nitrogen and oxygen atoms in total. The van der Waals surface area contributed by atoms with Crippen LogP contribution in [0.1, 0.15) is 47.5 Å². The molecule has 0 aromatic rings. The smallest absolute Gasteiger partial charge is 0.410 e. The number of carbonyl (C=O) groups excluding carboxylic acids is 1. The number of likely N-dealkylation sites (tertiary alicyclic amines) is 1. The summed E-state index contributed by atoms with van der Waals surface area (Å²) in [4.78, 5) is 14.1. The first kappa shape index (κ1) is 16.8. The van der Waals surface area contributed by atoms with Crippen LogP contribution >= 0.6 is 15.9 Å². The Morgan fingerprint density at radius 2 is 1.79 bits per heavy atom. The molecule has 19 heavy (non-hydrogen) atoms. The Morgan fingerprint density at radius 3 is 2.21 bits per heavy atom. The van der Waals surface area contributed by atoms with Crippen LogP contribution < -0.4 is 0 Å². The second kappa shape index (κ2) is 6.93. The van der Waals surface area contributed by atoms with Gasteiger partial charge in [-0.25, -0.2) is 4.79 Å². The molecule has 0 N–H and O–H groups in total. The summed E-state index contributed by atoms with van der Waals surface area (Å²) in [5.74, 6) is 0. The molecule has 5 heteroatoms. The molecular weight excluding hydrogens is 310 g/mol. The lowest BCUT2D eigenvalue weighted by Crippen LogP contribution is -2.53. The van der Waals surface area contributed by atoms with E-state index in [1.54, 1.807) is 0 Å². The maximum absolute atomic E-state index is 12.2. The Bertz CT molecular complexity index is 292. The SMILES string of the molecule is C[C@@H]1CC(OCCBr)C[C@H](C)N1C(=O)OC(C)(C)C. The topological polar surface area (TPSA) is 38.8 Å². The lowest BCUT2D eigenvalue weighted by molar-refractivity contribution is -0.0421. The summed E-state index contributed by atoms with van der Waals surface area (Å²) in [6.45, 7) is 10.5. The molecule has 1 aliphatic heterocycles. The van der Waals surface area contributed by atoms with Crippen LogP contribution in [0.3, 0.4) is 0 Å². The van der Waals surface area contributed by atoms with Crippen molar-refractivity contribution in [2.45, 2.75) is 71.2 Å². The maximum Gasteiger partial charge on any atom is 0.410 e. The first-order chi connectivity index (χ1) is 8.74. The van der Waals surface area contributed by atoms with Gasteiger partial charge in [-0.05, 0) is 47.5 Å². The van der Waals surface area contributed by atoms with Gasteiger partial charge in [-0.1, -0.05) is 15.9 Å². The fraction of sp³-hybridized carbons (Fsp3) is 0.929. The number of amides is 1. The van der Waals surface area contributed by atoms with Crippen LogP contribution in [0.2, 0.25) is 0 Å². The fourth-order valence-corrected chi connectivity index (χ4v) is 2.73. The predicted octanol–water partition coefficient (Wildman–Crippen LogP) is 3.57. The Labute approximate surface area is 124 Å². The molecule has 3 atom stereocenters. The first-order valence-electron chi connectivity index (χ1n) is 6.93. The van der Waals surface area contributed by atoms with E-state index in [4.69, 9.17) is 9.47 Å². The van der Waals surface area contributed by atoms with Crippen LogP contribution in [-0.4, -0.2) is 46.7 Å². The molecule has 112 valence electrons. The maximum atomic E-state index is 12.2. The minimum Gasteiger partial charge on any atom is -0.444 e. The summed E-state index contributed by atoms with van der Waals surface area (Å²) in [6.07, 6.45) is 1.76. The highest BCUT2D eigenvalue weighted by Crippen LogP contribution is 2.27. The van der Waals surface area contributed by atoms with Gasteiger partial charge in [-0.2, -0.15) is 0 Å². The molecule has 1 fully saturated rings. The summed E-state index contributed by atoms with van der Waals surface area (Å²) in [5.41, 5.74) is -0.445. The van der Waals surface area contributed by atoms with Crippen LogP contribution in [0.5, 0.6) is 0 Å². The highest BCUT2D eigenvalue weighted by Gasteiger charge is 2.36. The molecule has 1 saturated heterocycles. The van der Waals surface area contributed by atoms with E-state index in [2.05, 4.69) is 29.8 Å². The van der Waals surface area contributed by atoms with Crippen LogP contribution in [0.4, 0.5) is 4.79 Å². The lowest BCUT2D eigenvalue weighted by atomic mass is 9.95. The van der Waals surface area contributed by atoms with Gasteiger partial charge in [-0.15, -0.1) is 0 Å². The molecule has 0 radical (unpaired) electrons. The quantitative estimate of drug-likeness (QED) is 0.740. The number of rotatable bonds is 3. The van der Waals surface area contributed by atoms with Gasteiger partial charge < -0.3 is 14.4 Å². The molecule has 0 aliphatic carbocycles. The van der Waals surface area contributed by atoms with Crippen LogP contribution in [0.15, 0.2) is 0 Å². The zero-order chi connectivity index (χ0) is 14.6. The third-order valence-corrected chi connectivity index (χ3v) is 3.52. The normalized spacial score (nSPS) is 28.3. The number of hydrogen-bond donors (Lipinski definition) is 0. The second-order valence-electron chi connectivity index (χ2n) is 6.24. The van der Waals surface area contributed by atoms with Crippen molar-refractivity contribution in [3.05, 3.63) is 0 Å². The van der Waals surface area contributed by atoms with Crippen molar-refractivity contribution in [2.75, 3.05) is 11.9 Å². The Morgan fingerprint density at radius 1 is 1.26 bits per heavy atom. The van der Waals surface area contributed by atoms with Gasteiger partial charge in [0.25, 0.3) is 0 Å². The Balaban J connectivity index is 2.59. The van der Waals surface area contributed by atoms with Crippen molar-refractivity contribution in [3.8, 4) is 0 Å². The Hall–Kier alpha value is -0.290. The van der Waals surface area contributed by atoms with Gasteiger partial charge in [0, 0.05) is 17.4 Å². The van der Waals surface area contributed by atoms with E-state index in [1.165, 1.54) is 0 Å². The molecule has 0 saturated carbocycles. The van der Waals surface area contributed by atoms with Crippen LogP contribution in [-0.2, 0) is 9.47 Å². The molecule has 0 bridgehead atoms.